The molecule has 0 radical (unpaired) electrons. The number of aromatic nitrogens is 2. The van der Waals surface area contributed by atoms with E-state index in [1.165, 1.54) is 0 Å². The van der Waals surface area contributed by atoms with Crippen LogP contribution in [0, 0.1) is 0 Å². The van der Waals surface area contributed by atoms with Gasteiger partial charge in [-0.25, -0.2) is 4.79 Å². The number of benzene rings is 1. The Hall–Kier alpha value is -2.10. The summed E-state index contributed by atoms with van der Waals surface area (Å²) < 4.78 is 1.63. The minimum absolute atomic E-state index is 0.220. The summed E-state index contributed by atoms with van der Waals surface area (Å²) in [6.45, 7) is 0. The zero-order valence-electron chi connectivity index (χ0n) is 9.98. The third-order valence-electron chi connectivity index (χ3n) is 3.42. The van der Waals surface area contributed by atoms with Crippen molar-refractivity contribution in [1.82, 2.24) is 9.55 Å². The number of aromatic amines is 1. The highest BCUT2D eigenvalue weighted by molar-refractivity contribution is 5.36. The van der Waals surface area contributed by atoms with Gasteiger partial charge in [-0.1, -0.05) is 18.2 Å². The summed E-state index contributed by atoms with van der Waals surface area (Å²) in [5.74, 6) is 0. The first-order chi connectivity index (χ1) is 8.77. The second-order valence-electron chi connectivity index (χ2n) is 4.56. The highest BCUT2D eigenvalue weighted by Gasteiger charge is 2.18. The third kappa shape index (κ3) is 1.70. The minimum Gasteiger partial charge on any atom is -0.273 e. The van der Waals surface area contributed by atoms with Crippen LogP contribution < -0.4 is 11.2 Å². The van der Waals surface area contributed by atoms with Gasteiger partial charge in [0.2, 0.25) is 0 Å². The van der Waals surface area contributed by atoms with Crippen LogP contribution in [0.25, 0.3) is 5.69 Å². The quantitative estimate of drug-likeness (QED) is 0.822. The number of nitrogens with zero attached hydrogens (tertiary/aromatic N) is 1. The Morgan fingerprint density at radius 2 is 1.72 bits per heavy atom. The molecule has 3 rings (SSSR count). The number of rotatable bonds is 1. The van der Waals surface area contributed by atoms with E-state index in [4.69, 9.17) is 0 Å². The zero-order chi connectivity index (χ0) is 12.5. The fourth-order valence-corrected chi connectivity index (χ4v) is 2.58. The summed E-state index contributed by atoms with van der Waals surface area (Å²) in [5.41, 5.74) is 1.90. The number of H-pyrrole nitrogens is 1. The van der Waals surface area contributed by atoms with Crippen molar-refractivity contribution in [2.24, 2.45) is 0 Å². The number of para-hydroxylation sites is 1. The first-order valence-corrected chi connectivity index (χ1v) is 6.20. The van der Waals surface area contributed by atoms with Gasteiger partial charge in [-0.05, 0) is 37.8 Å². The van der Waals surface area contributed by atoms with E-state index in [1.807, 2.05) is 30.3 Å². The molecule has 0 fully saturated rings. The molecule has 92 valence electrons. The number of hydrogen-bond acceptors (Lipinski definition) is 2. The van der Waals surface area contributed by atoms with E-state index in [0.717, 1.165) is 42.6 Å². The van der Waals surface area contributed by atoms with Crippen LogP contribution in [0.5, 0.6) is 0 Å². The lowest BCUT2D eigenvalue weighted by molar-refractivity contribution is 0.626. The van der Waals surface area contributed by atoms with Crippen molar-refractivity contribution in [3.05, 3.63) is 62.4 Å². The molecule has 0 saturated carbocycles. The predicted molar refractivity (Wildman–Crippen MR) is 69.3 cm³/mol. The molecule has 18 heavy (non-hydrogen) atoms. The molecule has 0 atom stereocenters. The fourth-order valence-electron chi connectivity index (χ4n) is 2.58. The molecule has 0 saturated heterocycles. The fraction of sp³-hybridized carbons (Fsp3) is 0.286. The Kier molecular flexibility index (Phi) is 2.63. The monoisotopic (exact) mass is 242 g/mol. The molecule has 4 heteroatoms. The molecule has 1 heterocycles. The minimum atomic E-state index is -0.341. The smallest absolute Gasteiger partial charge is 0.273 e. The van der Waals surface area contributed by atoms with Crippen LogP contribution in [0.2, 0.25) is 0 Å². The Balaban J connectivity index is 2.33. The molecule has 0 unspecified atom stereocenters. The average Bonchev–Trinajstić information content (AvgIpc) is 2.40. The average molecular weight is 242 g/mol. The lowest BCUT2D eigenvalue weighted by Gasteiger charge is -2.19. The van der Waals surface area contributed by atoms with Crippen LogP contribution in [0.15, 0.2) is 39.9 Å². The van der Waals surface area contributed by atoms with Crippen LogP contribution in [-0.4, -0.2) is 9.55 Å². The SMILES string of the molecule is O=c1[nH]c(=O)n(-c2ccccc2)c2c1CCCC2. The van der Waals surface area contributed by atoms with Gasteiger partial charge < -0.3 is 0 Å². The highest BCUT2D eigenvalue weighted by atomic mass is 16.2. The summed E-state index contributed by atoms with van der Waals surface area (Å²) in [4.78, 5) is 26.2. The Morgan fingerprint density at radius 1 is 1.00 bits per heavy atom. The van der Waals surface area contributed by atoms with Crippen molar-refractivity contribution in [1.29, 1.82) is 0 Å². The highest BCUT2D eigenvalue weighted by Crippen LogP contribution is 2.19. The molecule has 1 aliphatic rings. The third-order valence-corrected chi connectivity index (χ3v) is 3.42. The van der Waals surface area contributed by atoms with Gasteiger partial charge in [0.15, 0.2) is 0 Å². The molecular formula is C14H14N2O2. The van der Waals surface area contributed by atoms with Gasteiger partial charge in [0, 0.05) is 11.3 Å². The van der Waals surface area contributed by atoms with E-state index in [0.29, 0.717) is 0 Å². The van der Waals surface area contributed by atoms with Gasteiger partial charge in [0.05, 0.1) is 5.69 Å². The number of nitrogens with one attached hydrogen (secondary N) is 1. The van der Waals surface area contributed by atoms with Gasteiger partial charge in [-0.15, -0.1) is 0 Å². The summed E-state index contributed by atoms with van der Waals surface area (Å²) in [6.07, 6.45) is 3.60. The van der Waals surface area contributed by atoms with E-state index in [9.17, 15) is 9.59 Å². The summed E-state index contributed by atoms with van der Waals surface area (Å²) in [5, 5.41) is 0. The van der Waals surface area contributed by atoms with Crippen LogP contribution >= 0.6 is 0 Å². The van der Waals surface area contributed by atoms with Gasteiger partial charge in [0.1, 0.15) is 0 Å². The Morgan fingerprint density at radius 3 is 2.50 bits per heavy atom. The first-order valence-electron chi connectivity index (χ1n) is 6.20. The number of fused-ring (bicyclic) bond motifs is 1. The van der Waals surface area contributed by atoms with Crippen molar-refractivity contribution in [3.63, 3.8) is 0 Å². The van der Waals surface area contributed by atoms with Crippen molar-refractivity contribution >= 4 is 0 Å². The molecule has 4 nitrogen and oxygen atoms in total. The largest absolute Gasteiger partial charge is 0.333 e. The summed E-state index contributed by atoms with van der Waals surface area (Å²) in [7, 11) is 0. The van der Waals surface area contributed by atoms with Gasteiger partial charge in [0.25, 0.3) is 5.56 Å². The normalized spacial score (nSPS) is 14.2. The molecule has 1 aromatic carbocycles. The van der Waals surface area contributed by atoms with E-state index in [2.05, 4.69) is 4.98 Å². The maximum absolute atomic E-state index is 12.0. The molecular weight excluding hydrogens is 228 g/mol. The molecule has 0 spiro atoms. The van der Waals surface area contributed by atoms with Gasteiger partial charge in [-0.2, -0.15) is 0 Å². The Labute approximate surface area is 104 Å². The molecule has 1 N–H and O–H groups in total. The lowest BCUT2D eigenvalue weighted by atomic mass is 9.96. The maximum Gasteiger partial charge on any atom is 0.333 e. The van der Waals surface area contributed by atoms with E-state index >= 15 is 0 Å². The second-order valence-corrected chi connectivity index (χ2v) is 4.56. The standard InChI is InChI=1S/C14H14N2O2/c17-13-11-8-4-5-9-12(11)16(14(18)15-13)10-6-2-1-3-7-10/h1-3,6-7H,4-5,8-9H2,(H,15,17,18). The molecule has 2 aromatic rings. The Bertz CT molecular complexity index is 683. The van der Waals surface area contributed by atoms with Crippen LogP contribution in [-0.2, 0) is 12.8 Å². The lowest BCUT2D eigenvalue weighted by Crippen LogP contribution is -2.35. The van der Waals surface area contributed by atoms with Crippen molar-refractivity contribution < 1.29 is 0 Å². The predicted octanol–water partition coefficient (Wildman–Crippen LogP) is 1.40. The molecule has 0 aliphatic heterocycles. The summed E-state index contributed by atoms with van der Waals surface area (Å²) >= 11 is 0. The van der Waals surface area contributed by atoms with Crippen molar-refractivity contribution in [2.45, 2.75) is 25.7 Å². The second kappa shape index (κ2) is 4.29. The van der Waals surface area contributed by atoms with Crippen LogP contribution in [0.3, 0.4) is 0 Å². The van der Waals surface area contributed by atoms with Gasteiger partial charge in [-0.3, -0.25) is 14.3 Å². The zero-order valence-corrected chi connectivity index (χ0v) is 9.98. The molecule has 1 aromatic heterocycles. The maximum atomic E-state index is 12.0. The van der Waals surface area contributed by atoms with E-state index in [1.54, 1.807) is 4.57 Å². The first kappa shape index (κ1) is 11.0. The van der Waals surface area contributed by atoms with Gasteiger partial charge >= 0.3 is 5.69 Å². The van der Waals surface area contributed by atoms with Crippen LogP contribution in [0.4, 0.5) is 0 Å². The summed E-state index contributed by atoms with van der Waals surface area (Å²) in [6, 6.07) is 9.46. The van der Waals surface area contributed by atoms with E-state index in [-0.39, 0.29) is 11.2 Å². The molecule has 0 bridgehead atoms. The molecule has 1 aliphatic carbocycles. The number of hydrogen-bond donors (Lipinski definition) is 1. The van der Waals surface area contributed by atoms with Crippen molar-refractivity contribution in [3.8, 4) is 5.69 Å². The van der Waals surface area contributed by atoms with Crippen molar-refractivity contribution in [2.75, 3.05) is 0 Å². The van der Waals surface area contributed by atoms with Crippen LogP contribution in [0.1, 0.15) is 24.1 Å². The topological polar surface area (TPSA) is 54.9 Å². The van der Waals surface area contributed by atoms with E-state index < -0.39 is 0 Å². The molecule has 0 amide bonds.